The van der Waals surface area contributed by atoms with Gasteiger partial charge in [-0.25, -0.2) is 4.79 Å². The number of rotatable bonds is 10. The predicted octanol–water partition coefficient (Wildman–Crippen LogP) is 6.39. The second-order valence-electron chi connectivity index (χ2n) is 10.8. The average molecular weight is 463 g/mol. The number of esters is 2. The maximum atomic E-state index is 12.7. The van der Waals surface area contributed by atoms with E-state index < -0.39 is 0 Å². The van der Waals surface area contributed by atoms with Crippen LogP contribution in [0.4, 0.5) is 0 Å². The van der Waals surface area contributed by atoms with Gasteiger partial charge in [0.2, 0.25) is 0 Å². The standard InChI is InChI=1S/C28H46O5/c1-4-5-21-6-8-22(9-7-21)23-10-16-26(17-11-23)33-28(30)24-12-14-25(15-13-24)31-18-19-32-27(29)20(2)3/h21-26H,2,4-19H2,1,3H3/t21-,22-,23?,24-,25-,26?. The van der Waals surface area contributed by atoms with E-state index in [1.165, 1.54) is 51.4 Å². The molecule has 0 radical (unpaired) electrons. The topological polar surface area (TPSA) is 61.8 Å². The predicted molar refractivity (Wildman–Crippen MR) is 130 cm³/mol. The zero-order valence-electron chi connectivity index (χ0n) is 21.0. The van der Waals surface area contributed by atoms with E-state index in [1.54, 1.807) is 6.92 Å². The molecular weight excluding hydrogens is 416 g/mol. The first-order chi connectivity index (χ1) is 16.0. The molecule has 3 fully saturated rings. The lowest BCUT2D eigenvalue weighted by molar-refractivity contribution is -0.158. The fourth-order valence-electron chi connectivity index (χ4n) is 6.23. The third-order valence-electron chi connectivity index (χ3n) is 8.28. The van der Waals surface area contributed by atoms with Crippen molar-refractivity contribution < 1.29 is 23.8 Å². The number of hydrogen-bond donors (Lipinski definition) is 0. The summed E-state index contributed by atoms with van der Waals surface area (Å²) in [7, 11) is 0. The Balaban J connectivity index is 1.27. The quantitative estimate of drug-likeness (QED) is 0.214. The Morgan fingerprint density at radius 1 is 0.788 bits per heavy atom. The van der Waals surface area contributed by atoms with Crippen molar-refractivity contribution in [2.75, 3.05) is 13.2 Å². The molecule has 0 atom stereocenters. The zero-order chi connectivity index (χ0) is 23.6. The van der Waals surface area contributed by atoms with Gasteiger partial charge in [-0.15, -0.1) is 0 Å². The molecular formula is C28H46O5. The molecule has 0 aromatic rings. The van der Waals surface area contributed by atoms with Gasteiger partial charge in [0.15, 0.2) is 0 Å². The smallest absolute Gasteiger partial charge is 0.333 e. The van der Waals surface area contributed by atoms with Crippen molar-refractivity contribution in [3.8, 4) is 0 Å². The fraction of sp³-hybridized carbons (Fsp3) is 0.857. The van der Waals surface area contributed by atoms with E-state index in [4.69, 9.17) is 14.2 Å². The van der Waals surface area contributed by atoms with Crippen LogP contribution < -0.4 is 0 Å². The van der Waals surface area contributed by atoms with Crippen molar-refractivity contribution in [3.05, 3.63) is 12.2 Å². The maximum absolute atomic E-state index is 12.7. The lowest BCUT2D eigenvalue weighted by atomic mass is 9.70. The highest BCUT2D eigenvalue weighted by Crippen LogP contribution is 2.41. The average Bonchev–Trinajstić information content (AvgIpc) is 2.83. The highest BCUT2D eigenvalue weighted by molar-refractivity contribution is 5.86. The van der Waals surface area contributed by atoms with Gasteiger partial charge in [0, 0.05) is 5.57 Å². The Labute approximate surface area is 201 Å². The summed E-state index contributed by atoms with van der Waals surface area (Å²) in [5, 5.41) is 0. The molecule has 3 saturated carbocycles. The minimum atomic E-state index is -0.376. The molecule has 0 saturated heterocycles. The summed E-state index contributed by atoms with van der Waals surface area (Å²) in [5.74, 6) is 2.38. The molecule has 5 heteroatoms. The molecule has 0 aliphatic heterocycles. The van der Waals surface area contributed by atoms with Crippen molar-refractivity contribution in [1.29, 1.82) is 0 Å². The van der Waals surface area contributed by atoms with Gasteiger partial charge in [-0.2, -0.15) is 0 Å². The molecule has 188 valence electrons. The second-order valence-corrected chi connectivity index (χ2v) is 10.8. The molecule has 33 heavy (non-hydrogen) atoms. The fourth-order valence-corrected chi connectivity index (χ4v) is 6.23. The molecule has 0 N–H and O–H groups in total. The van der Waals surface area contributed by atoms with Gasteiger partial charge in [0.1, 0.15) is 12.7 Å². The first-order valence-corrected chi connectivity index (χ1v) is 13.6. The van der Waals surface area contributed by atoms with E-state index in [0.717, 1.165) is 56.3 Å². The summed E-state index contributed by atoms with van der Waals surface area (Å²) in [4.78, 5) is 24.1. The Hall–Kier alpha value is -1.36. The van der Waals surface area contributed by atoms with Crippen LogP contribution in [-0.4, -0.2) is 37.4 Å². The van der Waals surface area contributed by atoms with Gasteiger partial charge >= 0.3 is 11.9 Å². The van der Waals surface area contributed by atoms with Crippen LogP contribution in [0.3, 0.4) is 0 Å². The van der Waals surface area contributed by atoms with Crippen LogP contribution in [0.1, 0.15) is 104 Å². The number of carbonyl (C=O) groups is 2. The molecule has 3 rings (SSSR count). The van der Waals surface area contributed by atoms with Crippen LogP contribution in [0.25, 0.3) is 0 Å². The van der Waals surface area contributed by atoms with E-state index in [0.29, 0.717) is 12.2 Å². The highest BCUT2D eigenvalue weighted by atomic mass is 16.6. The normalized spacial score (nSPS) is 32.7. The molecule has 0 heterocycles. The summed E-state index contributed by atoms with van der Waals surface area (Å²) < 4.78 is 16.8. The molecule has 5 nitrogen and oxygen atoms in total. The van der Waals surface area contributed by atoms with E-state index in [2.05, 4.69) is 13.5 Å². The van der Waals surface area contributed by atoms with Crippen molar-refractivity contribution in [2.24, 2.45) is 23.7 Å². The molecule has 0 unspecified atom stereocenters. The number of ether oxygens (including phenoxy) is 3. The highest BCUT2D eigenvalue weighted by Gasteiger charge is 2.34. The first kappa shape index (κ1) is 26.2. The van der Waals surface area contributed by atoms with Gasteiger partial charge in [0.05, 0.1) is 18.6 Å². The van der Waals surface area contributed by atoms with Crippen molar-refractivity contribution >= 4 is 11.9 Å². The van der Waals surface area contributed by atoms with Crippen LogP contribution in [0.2, 0.25) is 0 Å². The monoisotopic (exact) mass is 462 g/mol. The van der Waals surface area contributed by atoms with E-state index in [9.17, 15) is 9.59 Å². The SMILES string of the molecule is C=C(C)C(=O)OCCO[C@H]1CC[C@H](C(=O)OC2CCC([C@H]3CC[C@H](CCC)CC3)CC2)CC1. The third kappa shape index (κ3) is 8.42. The van der Waals surface area contributed by atoms with Crippen LogP contribution in [0, 0.1) is 23.7 Å². The summed E-state index contributed by atoms with van der Waals surface area (Å²) in [6.07, 6.45) is 16.6. The number of hydrogen-bond acceptors (Lipinski definition) is 5. The van der Waals surface area contributed by atoms with Crippen LogP contribution in [0.15, 0.2) is 12.2 Å². The maximum Gasteiger partial charge on any atom is 0.333 e. The molecule has 3 aliphatic rings. The molecule has 0 aromatic heterocycles. The molecule has 0 bridgehead atoms. The minimum absolute atomic E-state index is 0.00682. The molecule has 0 spiro atoms. The van der Waals surface area contributed by atoms with Gasteiger partial charge < -0.3 is 14.2 Å². The first-order valence-electron chi connectivity index (χ1n) is 13.6. The van der Waals surface area contributed by atoms with Gasteiger partial charge in [-0.1, -0.05) is 39.2 Å². The third-order valence-corrected chi connectivity index (χ3v) is 8.28. The molecule has 0 aromatic carbocycles. The van der Waals surface area contributed by atoms with E-state index >= 15 is 0 Å². The van der Waals surface area contributed by atoms with Crippen LogP contribution >= 0.6 is 0 Å². The lowest BCUT2D eigenvalue weighted by Crippen LogP contribution is -2.33. The van der Waals surface area contributed by atoms with Gasteiger partial charge in [0.25, 0.3) is 0 Å². The number of carbonyl (C=O) groups excluding carboxylic acids is 2. The lowest BCUT2D eigenvalue weighted by Gasteiger charge is -2.38. The summed E-state index contributed by atoms with van der Waals surface area (Å²) in [6, 6.07) is 0. The van der Waals surface area contributed by atoms with Crippen molar-refractivity contribution in [2.45, 2.75) is 116 Å². The van der Waals surface area contributed by atoms with E-state index in [1.807, 2.05) is 0 Å². The Bertz CT molecular complexity index is 620. The van der Waals surface area contributed by atoms with Crippen molar-refractivity contribution in [1.82, 2.24) is 0 Å². The summed E-state index contributed by atoms with van der Waals surface area (Å²) in [5.41, 5.74) is 0.400. The van der Waals surface area contributed by atoms with Gasteiger partial charge in [-0.3, -0.25) is 4.79 Å². The van der Waals surface area contributed by atoms with Crippen LogP contribution in [-0.2, 0) is 23.8 Å². The van der Waals surface area contributed by atoms with E-state index in [-0.39, 0.29) is 36.7 Å². The Kier molecular flexibility index (Phi) is 10.7. The molecule has 0 amide bonds. The Morgan fingerprint density at radius 3 is 1.94 bits per heavy atom. The zero-order valence-corrected chi connectivity index (χ0v) is 21.0. The Morgan fingerprint density at radius 2 is 1.36 bits per heavy atom. The van der Waals surface area contributed by atoms with Crippen molar-refractivity contribution in [3.63, 3.8) is 0 Å². The summed E-state index contributed by atoms with van der Waals surface area (Å²) in [6.45, 7) is 8.14. The molecule has 3 aliphatic carbocycles. The largest absolute Gasteiger partial charge is 0.462 e. The minimum Gasteiger partial charge on any atom is -0.462 e. The van der Waals surface area contributed by atoms with Gasteiger partial charge in [-0.05, 0) is 88.9 Å². The summed E-state index contributed by atoms with van der Waals surface area (Å²) >= 11 is 0. The second kappa shape index (κ2) is 13.5. The van der Waals surface area contributed by atoms with Crippen LogP contribution in [0.5, 0.6) is 0 Å².